The predicted molar refractivity (Wildman–Crippen MR) is 58.2 cm³/mol. The van der Waals surface area contributed by atoms with Crippen LogP contribution >= 0.6 is 0 Å². The number of hydrogen-bond acceptors (Lipinski definition) is 1. The highest BCUT2D eigenvalue weighted by Crippen LogP contribution is 2.07. The Morgan fingerprint density at radius 2 is 1.85 bits per heavy atom. The predicted octanol–water partition coefficient (Wildman–Crippen LogP) is 1.67. The second-order valence-electron chi connectivity index (χ2n) is 3.26. The van der Waals surface area contributed by atoms with Gasteiger partial charge >= 0.3 is 0 Å². The van der Waals surface area contributed by atoms with E-state index in [0.717, 1.165) is 4.90 Å². The van der Waals surface area contributed by atoms with Crippen LogP contribution in [-0.2, 0) is 9.71 Å². The molecule has 72 valence electrons. The summed E-state index contributed by atoms with van der Waals surface area (Å²) in [5.41, 5.74) is 0. The van der Waals surface area contributed by atoms with Crippen LogP contribution in [0.5, 0.6) is 0 Å². The Hall–Kier alpha value is -0.800. The third kappa shape index (κ3) is 2.86. The van der Waals surface area contributed by atoms with Gasteiger partial charge in [0.15, 0.2) is 0 Å². The molecule has 0 spiro atoms. The van der Waals surface area contributed by atoms with Crippen LogP contribution in [0.3, 0.4) is 0 Å². The second-order valence-corrected chi connectivity index (χ2v) is 5.32. The van der Waals surface area contributed by atoms with E-state index >= 15 is 0 Å². The molecule has 2 nitrogen and oxygen atoms in total. The molecule has 13 heavy (non-hydrogen) atoms. The summed E-state index contributed by atoms with van der Waals surface area (Å²) in [4.78, 5) is 0.753. The maximum Gasteiger partial charge on any atom is 0.0535 e. The van der Waals surface area contributed by atoms with Gasteiger partial charge in [0.1, 0.15) is 0 Å². The number of rotatable bonds is 3. The van der Waals surface area contributed by atoms with Crippen molar-refractivity contribution in [3.63, 3.8) is 0 Å². The first-order valence-corrected chi connectivity index (χ1v) is 5.94. The molecule has 1 unspecified atom stereocenters. The van der Waals surface area contributed by atoms with Crippen LogP contribution in [0.2, 0.25) is 0 Å². The van der Waals surface area contributed by atoms with Crippen molar-refractivity contribution in [3.8, 4) is 0 Å². The van der Waals surface area contributed by atoms with Gasteiger partial charge in [-0.25, -0.2) is 8.93 Å². The van der Waals surface area contributed by atoms with Crippen molar-refractivity contribution in [2.75, 3.05) is 0 Å². The molecule has 0 radical (unpaired) electrons. The first-order chi connectivity index (χ1) is 6.02. The normalized spacial score (nSPS) is 15.6. The molecule has 0 aliphatic rings. The summed E-state index contributed by atoms with van der Waals surface area (Å²) < 4.78 is 14.9. The molecule has 0 aliphatic carbocycles. The van der Waals surface area contributed by atoms with Crippen LogP contribution in [0.15, 0.2) is 35.2 Å². The van der Waals surface area contributed by atoms with Crippen LogP contribution < -0.4 is 4.72 Å². The minimum absolute atomic E-state index is 0.171. The molecule has 1 rings (SSSR count). The summed E-state index contributed by atoms with van der Waals surface area (Å²) in [6.45, 7) is 3.90. The number of nitrogens with one attached hydrogen (secondary N) is 1. The summed E-state index contributed by atoms with van der Waals surface area (Å²) in [6, 6.07) is 9.44. The van der Waals surface area contributed by atoms with Crippen LogP contribution in [0.4, 0.5) is 0 Å². The van der Waals surface area contributed by atoms with Gasteiger partial charge < -0.3 is 0 Å². The average molecular weight is 197 g/mol. The molecule has 0 aromatic heterocycles. The summed E-state index contributed by atoms with van der Waals surface area (Å²) in [7, 11) is -2.31. The molecule has 0 heterocycles. The molecule has 0 aliphatic heterocycles. The largest absolute Gasteiger partial charge is 0.248 e. The molecule has 0 saturated heterocycles. The minimum Gasteiger partial charge on any atom is -0.248 e. The Balaban J connectivity index is 2.96. The minimum atomic E-state index is -2.31. The van der Waals surface area contributed by atoms with E-state index in [9.17, 15) is 4.21 Å². The first-order valence-electron chi connectivity index (χ1n) is 4.22. The lowest BCUT2D eigenvalue weighted by Crippen LogP contribution is -2.29. The lowest BCUT2D eigenvalue weighted by Gasteiger charge is -2.13. The van der Waals surface area contributed by atoms with Gasteiger partial charge in [-0.05, 0) is 31.9 Å². The molecule has 0 bridgehead atoms. The van der Waals surface area contributed by atoms with Crippen molar-refractivity contribution >= 4 is 15.6 Å². The zero-order chi connectivity index (χ0) is 9.90. The highest BCUT2D eigenvalue weighted by molar-refractivity contribution is 7.98. The lowest BCUT2D eigenvalue weighted by atomic mass is 10.4. The first kappa shape index (κ1) is 10.3. The second kappa shape index (κ2) is 3.94. The number of benzene rings is 1. The fourth-order valence-corrected chi connectivity index (χ4v) is 2.58. The topological polar surface area (TPSA) is 29.1 Å². The fraction of sp³-hybridized carbons (Fsp3) is 0.300. The zero-order valence-corrected chi connectivity index (χ0v) is 8.80. The van der Waals surface area contributed by atoms with E-state index in [1.165, 1.54) is 0 Å². The zero-order valence-electron chi connectivity index (χ0n) is 7.99. The van der Waals surface area contributed by atoms with Gasteiger partial charge in [0.2, 0.25) is 0 Å². The SMILES string of the molecule is C=S(=O)(NC(C)C)c1ccccc1. The maximum atomic E-state index is 12.0. The quantitative estimate of drug-likeness (QED) is 0.734. The van der Waals surface area contributed by atoms with Gasteiger partial charge in [-0.3, -0.25) is 0 Å². The van der Waals surface area contributed by atoms with Gasteiger partial charge in [-0.2, -0.15) is 0 Å². The number of hydrogen-bond donors (Lipinski definition) is 1. The van der Waals surface area contributed by atoms with E-state index in [-0.39, 0.29) is 6.04 Å². The molecule has 1 aromatic rings. The molecular weight excluding hydrogens is 182 g/mol. The van der Waals surface area contributed by atoms with E-state index in [1.54, 1.807) is 0 Å². The highest BCUT2D eigenvalue weighted by Gasteiger charge is 2.07. The summed E-state index contributed by atoms with van der Waals surface area (Å²) in [6.07, 6.45) is 0. The van der Waals surface area contributed by atoms with Gasteiger partial charge in [-0.15, -0.1) is 0 Å². The Kier molecular flexibility index (Phi) is 3.12. The van der Waals surface area contributed by atoms with Gasteiger partial charge in [0, 0.05) is 10.9 Å². The van der Waals surface area contributed by atoms with Crippen molar-refractivity contribution in [1.29, 1.82) is 0 Å². The third-order valence-corrected chi connectivity index (χ3v) is 3.44. The van der Waals surface area contributed by atoms with E-state index in [1.807, 2.05) is 44.2 Å². The monoisotopic (exact) mass is 197 g/mol. The summed E-state index contributed by atoms with van der Waals surface area (Å²) in [5, 5.41) is 0. The Labute approximate surface area is 80.1 Å². The molecule has 0 amide bonds. The van der Waals surface area contributed by atoms with Crippen molar-refractivity contribution in [2.45, 2.75) is 24.8 Å². The van der Waals surface area contributed by atoms with Crippen molar-refractivity contribution < 1.29 is 4.21 Å². The Bertz CT molecular complexity index is 354. The molecule has 0 fully saturated rings. The highest BCUT2D eigenvalue weighted by atomic mass is 32.2. The molecule has 1 N–H and O–H groups in total. The molecule has 1 atom stereocenters. The summed E-state index contributed by atoms with van der Waals surface area (Å²) in [5.74, 6) is 3.70. The van der Waals surface area contributed by atoms with Gasteiger partial charge in [-0.1, -0.05) is 18.2 Å². The third-order valence-electron chi connectivity index (χ3n) is 1.55. The fourth-order valence-electron chi connectivity index (χ4n) is 1.09. The van der Waals surface area contributed by atoms with Crippen LogP contribution in [0, 0.1) is 0 Å². The van der Waals surface area contributed by atoms with E-state index < -0.39 is 9.71 Å². The van der Waals surface area contributed by atoms with Crippen molar-refractivity contribution in [2.24, 2.45) is 0 Å². The van der Waals surface area contributed by atoms with E-state index in [2.05, 4.69) is 10.6 Å². The standard InChI is InChI=1S/C10H15NOS/c1-9(2)11-13(3,12)10-7-5-4-6-8-10/h4-9H,3H2,1-2H3,(H,11,12). The van der Waals surface area contributed by atoms with E-state index in [0.29, 0.717) is 0 Å². The Morgan fingerprint density at radius 3 is 2.31 bits per heavy atom. The lowest BCUT2D eigenvalue weighted by molar-refractivity contribution is 0.653. The van der Waals surface area contributed by atoms with Gasteiger partial charge in [0.25, 0.3) is 0 Å². The molecule has 0 saturated carbocycles. The van der Waals surface area contributed by atoms with Crippen molar-refractivity contribution in [3.05, 3.63) is 30.3 Å². The van der Waals surface area contributed by atoms with E-state index in [4.69, 9.17) is 0 Å². The molecular formula is C10H15NOS. The Morgan fingerprint density at radius 1 is 1.31 bits per heavy atom. The molecule has 3 heteroatoms. The smallest absolute Gasteiger partial charge is 0.0535 e. The van der Waals surface area contributed by atoms with Crippen LogP contribution in [0.1, 0.15) is 13.8 Å². The molecule has 1 aromatic carbocycles. The van der Waals surface area contributed by atoms with Crippen LogP contribution in [0.25, 0.3) is 0 Å². The van der Waals surface area contributed by atoms with Crippen molar-refractivity contribution in [1.82, 2.24) is 4.72 Å². The maximum absolute atomic E-state index is 12.0. The average Bonchev–Trinajstić information content (AvgIpc) is 2.04. The van der Waals surface area contributed by atoms with Gasteiger partial charge in [0.05, 0.1) is 9.71 Å². The summed E-state index contributed by atoms with van der Waals surface area (Å²) >= 11 is 0. The van der Waals surface area contributed by atoms with Crippen LogP contribution in [-0.4, -0.2) is 16.1 Å².